The fourth-order valence-electron chi connectivity index (χ4n) is 4.81. The molecule has 0 spiro atoms. The van der Waals surface area contributed by atoms with Gasteiger partial charge in [0, 0.05) is 5.41 Å². The van der Waals surface area contributed by atoms with Gasteiger partial charge in [-0.25, -0.2) is 4.90 Å². The highest BCUT2D eigenvalue weighted by Gasteiger charge is 2.78. The summed E-state index contributed by atoms with van der Waals surface area (Å²) in [5.41, 5.74) is 1.95. The van der Waals surface area contributed by atoms with Crippen LogP contribution < -0.4 is 9.64 Å². The molecule has 1 aliphatic carbocycles. The third-order valence-corrected chi connectivity index (χ3v) is 6.01. The lowest BCUT2D eigenvalue weighted by atomic mass is 9.83. The Labute approximate surface area is 163 Å². The number of para-hydroxylation sites is 2. The quantitative estimate of drug-likeness (QED) is 0.657. The molecule has 1 heterocycles. The third-order valence-electron chi connectivity index (χ3n) is 6.01. The second kappa shape index (κ2) is 6.06. The number of piperidine rings is 1. The Morgan fingerprint density at radius 2 is 1.18 bits per heavy atom. The van der Waals surface area contributed by atoms with Gasteiger partial charge in [0.05, 0.1) is 24.6 Å². The van der Waals surface area contributed by atoms with Crippen LogP contribution in [0.25, 0.3) is 0 Å². The molecule has 1 saturated heterocycles. The lowest BCUT2D eigenvalue weighted by Crippen LogP contribution is -2.39. The lowest BCUT2D eigenvalue weighted by molar-refractivity contribution is -0.124. The second-order valence-electron chi connectivity index (χ2n) is 7.24. The van der Waals surface area contributed by atoms with Gasteiger partial charge in [0.25, 0.3) is 0 Å². The summed E-state index contributed by atoms with van der Waals surface area (Å²) in [4.78, 5) is 28.2. The maximum atomic E-state index is 13.4. The SMILES string of the molecule is COc1ccccc1N1C(=O)C2C(C1=O)C2(c1ccccc1)c1ccccc1. The Morgan fingerprint density at radius 1 is 0.714 bits per heavy atom. The molecule has 2 aliphatic rings. The van der Waals surface area contributed by atoms with Crippen molar-refractivity contribution >= 4 is 17.5 Å². The van der Waals surface area contributed by atoms with E-state index in [1.807, 2.05) is 72.8 Å². The minimum absolute atomic E-state index is 0.160. The van der Waals surface area contributed by atoms with E-state index in [1.165, 1.54) is 4.90 Å². The molecule has 0 aromatic heterocycles. The van der Waals surface area contributed by atoms with E-state index in [0.29, 0.717) is 11.4 Å². The van der Waals surface area contributed by atoms with E-state index < -0.39 is 17.3 Å². The number of carbonyl (C=O) groups excluding carboxylic acids is 2. The van der Waals surface area contributed by atoms with Gasteiger partial charge in [-0.2, -0.15) is 0 Å². The monoisotopic (exact) mass is 369 g/mol. The van der Waals surface area contributed by atoms with Crippen LogP contribution in [0.15, 0.2) is 84.9 Å². The van der Waals surface area contributed by atoms with Crippen molar-refractivity contribution in [3.8, 4) is 5.75 Å². The van der Waals surface area contributed by atoms with Crippen molar-refractivity contribution in [2.45, 2.75) is 5.41 Å². The Bertz CT molecular complexity index is 998. The van der Waals surface area contributed by atoms with Gasteiger partial charge in [-0.15, -0.1) is 0 Å². The van der Waals surface area contributed by atoms with Gasteiger partial charge >= 0.3 is 0 Å². The van der Waals surface area contributed by atoms with Crippen LogP contribution >= 0.6 is 0 Å². The summed E-state index contributed by atoms with van der Waals surface area (Å²) < 4.78 is 5.38. The second-order valence-corrected chi connectivity index (χ2v) is 7.24. The molecule has 5 rings (SSSR count). The van der Waals surface area contributed by atoms with Crippen molar-refractivity contribution < 1.29 is 14.3 Å². The Balaban J connectivity index is 1.63. The van der Waals surface area contributed by atoms with Crippen LogP contribution in [0.2, 0.25) is 0 Å². The van der Waals surface area contributed by atoms with Gasteiger partial charge in [-0.05, 0) is 23.3 Å². The van der Waals surface area contributed by atoms with Crippen molar-refractivity contribution in [1.29, 1.82) is 0 Å². The number of hydrogen-bond acceptors (Lipinski definition) is 3. The summed E-state index contributed by atoms with van der Waals surface area (Å²) >= 11 is 0. The fourth-order valence-corrected chi connectivity index (χ4v) is 4.81. The van der Waals surface area contributed by atoms with Crippen molar-refractivity contribution in [2.75, 3.05) is 12.0 Å². The maximum absolute atomic E-state index is 13.4. The molecule has 2 atom stereocenters. The van der Waals surface area contributed by atoms with Gasteiger partial charge in [0.2, 0.25) is 11.8 Å². The highest BCUT2D eigenvalue weighted by atomic mass is 16.5. The predicted octanol–water partition coefficient (Wildman–Crippen LogP) is 3.80. The lowest BCUT2D eigenvalue weighted by Gasteiger charge is -2.27. The number of nitrogens with zero attached hydrogens (tertiary/aromatic N) is 1. The summed E-state index contributed by atoms with van der Waals surface area (Å²) in [5, 5.41) is 0. The summed E-state index contributed by atoms with van der Waals surface area (Å²) in [6, 6.07) is 26.9. The predicted molar refractivity (Wildman–Crippen MR) is 106 cm³/mol. The average molecular weight is 369 g/mol. The standard InChI is InChI=1S/C24H19NO3/c1-28-19-15-9-8-14-18(19)25-22(26)20-21(23(25)27)24(20,16-10-4-2-5-11-16)17-12-6-3-7-13-17/h2-15,20-21H,1H3. The van der Waals surface area contributed by atoms with Crippen molar-refractivity contribution in [3.05, 3.63) is 96.1 Å². The first-order valence-electron chi connectivity index (χ1n) is 9.33. The number of carbonyl (C=O) groups is 2. The van der Waals surface area contributed by atoms with Crippen LogP contribution in [0, 0.1) is 11.8 Å². The van der Waals surface area contributed by atoms with Crippen LogP contribution in [0.5, 0.6) is 5.75 Å². The molecule has 4 nitrogen and oxygen atoms in total. The zero-order valence-electron chi connectivity index (χ0n) is 15.4. The number of fused-ring (bicyclic) bond motifs is 1. The van der Waals surface area contributed by atoms with E-state index in [-0.39, 0.29) is 11.8 Å². The van der Waals surface area contributed by atoms with Crippen molar-refractivity contribution in [3.63, 3.8) is 0 Å². The maximum Gasteiger partial charge on any atom is 0.239 e. The van der Waals surface area contributed by atoms with Crippen LogP contribution in [0.3, 0.4) is 0 Å². The molecular weight excluding hydrogens is 350 g/mol. The molecule has 4 heteroatoms. The molecule has 3 aromatic rings. The zero-order valence-corrected chi connectivity index (χ0v) is 15.4. The topological polar surface area (TPSA) is 46.6 Å². The molecule has 2 amide bonds. The zero-order chi connectivity index (χ0) is 19.3. The third kappa shape index (κ3) is 2.06. The number of anilines is 1. The van der Waals surface area contributed by atoms with Crippen LogP contribution in [-0.2, 0) is 15.0 Å². The number of benzene rings is 3. The number of ether oxygens (including phenoxy) is 1. The number of imide groups is 1. The Kier molecular flexibility index (Phi) is 3.63. The van der Waals surface area contributed by atoms with Gasteiger partial charge < -0.3 is 4.74 Å². The first-order chi connectivity index (χ1) is 13.7. The molecule has 138 valence electrons. The number of methoxy groups -OCH3 is 1. The van der Waals surface area contributed by atoms with Gasteiger partial charge in [-0.1, -0.05) is 72.8 Å². The molecule has 3 aromatic carbocycles. The Morgan fingerprint density at radius 3 is 1.68 bits per heavy atom. The largest absolute Gasteiger partial charge is 0.495 e. The first-order valence-corrected chi connectivity index (χ1v) is 9.33. The van der Waals surface area contributed by atoms with E-state index in [2.05, 4.69) is 0 Å². The van der Waals surface area contributed by atoms with Crippen molar-refractivity contribution in [1.82, 2.24) is 0 Å². The molecule has 2 fully saturated rings. The molecule has 0 N–H and O–H groups in total. The smallest absolute Gasteiger partial charge is 0.239 e. The minimum Gasteiger partial charge on any atom is -0.495 e. The summed E-state index contributed by atoms with van der Waals surface area (Å²) in [6.07, 6.45) is 0. The molecule has 28 heavy (non-hydrogen) atoms. The molecule has 1 aliphatic heterocycles. The van der Waals surface area contributed by atoms with Gasteiger partial charge in [0.15, 0.2) is 0 Å². The van der Waals surface area contributed by atoms with E-state index in [4.69, 9.17) is 4.74 Å². The molecule has 1 saturated carbocycles. The van der Waals surface area contributed by atoms with Crippen LogP contribution in [-0.4, -0.2) is 18.9 Å². The van der Waals surface area contributed by atoms with E-state index in [9.17, 15) is 9.59 Å². The van der Waals surface area contributed by atoms with E-state index >= 15 is 0 Å². The highest BCUT2D eigenvalue weighted by Crippen LogP contribution is 2.68. The molecular formula is C24H19NO3. The summed E-state index contributed by atoms with van der Waals surface area (Å²) in [7, 11) is 1.54. The highest BCUT2D eigenvalue weighted by molar-refractivity contribution is 6.27. The van der Waals surface area contributed by atoms with Gasteiger partial charge in [0.1, 0.15) is 5.75 Å². The van der Waals surface area contributed by atoms with Gasteiger partial charge in [-0.3, -0.25) is 9.59 Å². The normalized spacial score (nSPS) is 22.1. The van der Waals surface area contributed by atoms with E-state index in [1.54, 1.807) is 19.2 Å². The van der Waals surface area contributed by atoms with E-state index in [0.717, 1.165) is 11.1 Å². The molecule has 2 unspecified atom stereocenters. The number of amides is 2. The summed E-state index contributed by atoms with van der Waals surface area (Å²) in [6.45, 7) is 0. The molecule has 0 radical (unpaired) electrons. The van der Waals surface area contributed by atoms with Crippen LogP contribution in [0.1, 0.15) is 11.1 Å². The van der Waals surface area contributed by atoms with Crippen LogP contribution in [0.4, 0.5) is 5.69 Å². The molecule has 0 bridgehead atoms. The van der Waals surface area contributed by atoms with Crippen molar-refractivity contribution in [2.24, 2.45) is 11.8 Å². The first kappa shape index (κ1) is 16.8. The fraction of sp³-hybridized carbons (Fsp3) is 0.167. The average Bonchev–Trinajstić information content (AvgIpc) is 3.39. The summed E-state index contributed by atoms with van der Waals surface area (Å²) in [5.74, 6) is -0.584. The Hall–Kier alpha value is -3.40. The minimum atomic E-state index is -0.588. The number of rotatable bonds is 4. The number of hydrogen-bond donors (Lipinski definition) is 0.